The molecular formula is C6H12N2. The second-order valence-electron chi connectivity index (χ2n) is 1.75. The van der Waals surface area contributed by atoms with E-state index in [2.05, 4.69) is 4.99 Å². The van der Waals surface area contributed by atoms with E-state index in [1.54, 1.807) is 7.05 Å². The standard InChI is InChI=1S/C6H12N2/c1-5(7)4-6(2)8-3/h4H,7H2,1-3H3/b5-4-,8-6?. The first-order chi connectivity index (χ1) is 3.66. The molecule has 2 N–H and O–H groups in total. The third kappa shape index (κ3) is 3.40. The van der Waals surface area contributed by atoms with Gasteiger partial charge in [-0.05, 0) is 19.9 Å². The van der Waals surface area contributed by atoms with Crippen molar-refractivity contribution in [3.05, 3.63) is 11.8 Å². The number of allylic oxidation sites excluding steroid dienone is 2. The summed E-state index contributed by atoms with van der Waals surface area (Å²) in [5.74, 6) is 0. The van der Waals surface area contributed by atoms with Crippen molar-refractivity contribution in [3.63, 3.8) is 0 Å². The summed E-state index contributed by atoms with van der Waals surface area (Å²) >= 11 is 0. The van der Waals surface area contributed by atoms with Gasteiger partial charge in [0.05, 0.1) is 0 Å². The summed E-state index contributed by atoms with van der Waals surface area (Å²) < 4.78 is 0. The molecule has 0 aliphatic rings. The van der Waals surface area contributed by atoms with E-state index in [0.717, 1.165) is 11.4 Å². The predicted octanol–water partition coefficient (Wildman–Crippen LogP) is 0.940. The molecule has 0 aromatic rings. The predicted molar refractivity (Wildman–Crippen MR) is 37.0 cm³/mol. The van der Waals surface area contributed by atoms with E-state index < -0.39 is 0 Å². The lowest BCUT2D eigenvalue weighted by atomic mass is 10.3. The van der Waals surface area contributed by atoms with Gasteiger partial charge in [0.15, 0.2) is 0 Å². The molecule has 0 atom stereocenters. The molecule has 0 saturated carbocycles. The fourth-order valence-corrected chi connectivity index (χ4v) is 0.394. The maximum absolute atomic E-state index is 5.35. The number of rotatable bonds is 1. The highest BCUT2D eigenvalue weighted by atomic mass is 14.7. The number of nitrogens with two attached hydrogens (primary N) is 1. The Labute approximate surface area is 50.1 Å². The van der Waals surface area contributed by atoms with E-state index in [9.17, 15) is 0 Å². The maximum Gasteiger partial charge on any atom is 0.0330 e. The summed E-state index contributed by atoms with van der Waals surface area (Å²) in [5, 5.41) is 0. The zero-order valence-corrected chi connectivity index (χ0v) is 5.60. The van der Waals surface area contributed by atoms with Crippen LogP contribution in [0.3, 0.4) is 0 Å². The summed E-state index contributed by atoms with van der Waals surface area (Å²) in [6, 6.07) is 0. The highest BCUT2D eigenvalue weighted by Crippen LogP contribution is 1.82. The summed E-state index contributed by atoms with van der Waals surface area (Å²) in [6.45, 7) is 3.76. The smallest absolute Gasteiger partial charge is 0.0330 e. The van der Waals surface area contributed by atoms with Gasteiger partial charge in [0.2, 0.25) is 0 Å². The molecule has 0 spiro atoms. The van der Waals surface area contributed by atoms with Crippen LogP contribution in [0.2, 0.25) is 0 Å². The van der Waals surface area contributed by atoms with Gasteiger partial charge >= 0.3 is 0 Å². The molecule has 0 aromatic carbocycles. The zero-order valence-electron chi connectivity index (χ0n) is 5.60. The summed E-state index contributed by atoms with van der Waals surface area (Å²) in [4.78, 5) is 3.89. The van der Waals surface area contributed by atoms with Crippen molar-refractivity contribution in [3.8, 4) is 0 Å². The first-order valence-corrected chi connectivity index (χ1v) is 2.54. The van der Waals surface area contributed by atoms with Crippen molar-refractivity contribution in [1.29, 1.82) is 0 Å². The Bertz CT molecular complexity index is 118. The van der Waals surface area contributed by atoms with Gasteiger partial charge in [-0.25, -0.2) is 0 Å². The molecule has 0 saturated heterocycles. The van der Waals surface area contributed by atoms with Crippen molar-refractivity contribution >= 4 is 5.71 Å². The first kappa shape index (κ1) is 7.21. The van der Waals surface area contributed by atoms with E-state index >= 15 is 0 Å². The lowest BCUT2D eigenvalue weighted by Gasteiger charge is -1.88. The third-order valence-electron chi connectivity index (χ3n) is 0.789. The van der Waals surface area contributed by atoms with Gasteiger partial charge < -0.3 is 5.73 Å². The van der Waals surface area contributed by atoms with Gasteiger partial charge in [-0.15, -0.1) is 0 Å². The Morgan fingerprint density at radius 1 is 1.50 bits per heavy atom. The minimum atomic E-state index is 0.799. The lowest BCUT2D eigenvalue weighted by Crippen LogP contribution is -1.94. The SMILES string of the molecule is CN=C(C)/C=C(/C)N. The number of hydrogen-bond acceptors (Lipinski definition) is 2. The minimum absolute atomic E-state index is 0.799. The van der Waals surface area contributed by atoms with Gasteiger partial charge in [-0.3, -0.25) is 4.99 Å². The van der Waals surface area contributed by atoms with Crippen molar-refractivity contribution in [2.75, 3.05) is 7.05 Å². The molecule has 2 nitrogen and oxygen atoms in total. The van der Waals surface area contributed by atoms with Crippen LogP contribution in [0.5, 0.6) is 0 Å². The summed E-state index contributed by atoms with van der Waals surface area (Å²) in [6.07, 6.45) is 1.83. The topological polar surface area (TPSA) is 38.4 Å². The van der Waals surface area contributed by atoms with Crippen LogP contribution in [-0.2, 0) is 0 Å². The average Bonchev–Trinajstić information content (AvgIpc) is 1.65. The molecule has 0 heterocycles. The molecule has 2 heteroatoms. The molecule has 0 amide bonds. The molecule has 0 rings (SSSR count). The van der Waals surface area contributed by atoms with Crippen LogP contribution in [0, 0.1) is 0 Å². The monoisotopic (exact) mass is 112 g/mol. The first-order valence-electron chi connectivity index (χ1n) is 2.54. The molecule has 0 fully saturated rings. The zero-order chi connectivity index (χ0) is 6.57. The van der Waals surface area contributed by atoms with Gasteiger partial charge in [0, 0.05) is 18.5 Å². The van der Waals surface area contributed by atoms with Crippen LogP contribution < -0.4 is 5.73 Å². The molecule has 8 heavy (non-hydrogen) atoms. The quantitative estimate of drug-likeness (QED) is 0.504. The van der Waals surface area contributed by atoms with Crippen LogP contribution in [0.15, 0.2) is 16.8 Å². The average molecular weight is 112 g/mol. The van der Waals surface area contributed by atoms with E-state index in [4.69, 9.17) is 5.73 Å². The van der Waals surface area contributed by atoms with Crippen molar-refractivity contribution < 1.29 is 0 Å². The Balaban J connectivity index is 3.89. The van der Waals surface area contributed by atoms with Gasteiger partial charge in [-0.1, -0.05) is 0 Å². The molecule has 0 aromatic heterocycles. The fraction of sp³-hybridized carbons (Fsp3) is 0.500. The largest absolute Gasteiger partial charge is 0.402 e. The van der Waals surface area contributed by atoms with E-state index in [1.807, 2.05) is 19.9 Å². The molecule has 0 aliphatic heterocycles. The minimum Gasteiger partial charge on any atom is -0.402 e. The Morgan fingerprint density at radius 3 is 2.12 bits per heavy atom. The number of hydrogen-bond donors (Lipinski definition) is 1. The van der Waals surface area contributed by atoms with E-state index in [-0.39, 0.29) is 0 Å². The molecule has 0 bridgehead atoms. The molecular weight excluding hydrogens is 100 g/mol. The summed E-state index contributed by atoms with van der Waals surface area (Å²) in [5.41, 5.74) is 7.11. The second-order valence-corrected chi connectivity index (χ2v) is 1.75. The molecule has 46 valence electrons. The van der Waals surface area contributed by atoms with Crippen molar-refractivity contribution in [2.45, 2.75) is 13.8 Å². The molecule has 0 aliphatic carbocycles. The number of nitrogens with zero attached hydrogens (tertiary/aromatic N) is 1. The van der Waals surface area contributed by atoms with Gasteiger partial charge in [0.25, 0.3) is 0 Å². The van der Waals surface area contributed by atoms with Gasteiger partial charge in [0.1, 0.15) is 0 Å². The third-order valence-corrected chi connectivity index (χ3v) is 0.789. The number of aliphatic imine (C=N–C) groups is 1. The van der Waals surface area contributed by atoms with Crippen LogP contribution in [0.1, 0.15) is 13.8 Å². The van der Waals surface area contributed by atoms with Crippen LogP contribution >= 0.6 is 0 Å². The van der Waals surface area contributed by atoms with Crippen LogP contribution in [0.25, 0.3) is 0 Å². The highest BCUT2D eigenvalue weighted by molar-refractivity contribution is 5.93. The van der Waals surface area contributed by atoms with Crippen molar-refractivity contribution in [1.82, 2.24) is 0 Å². The highest BCUT2D eigenvalue weighted by Gasteiger charge is 1.79. The second kappa shape index (κ2) is 3.24. The molecule has 0 radical (unpaired) electrons. The lowest BCUT2D eigenvalue weighted by molar-refractivity contribution is 1.31. The van der Waals surface area contributed by atoms with E-state index in [0.29, 0.717) is 0 Å². The summed E-state index contributed by atoms with van der Waals surface area (Å²) in [7, 11) is 1.74. The normalized spacial score (nSPS) is 14.4. The van der Waals surface area contributed by atoms with Crippen LogP contribution in [-0.4, -0.2) is 12.8 Å². The maximum atomic E-state index is 5.35. The fourth-order valence-electron chi connectivity index (χ4n) is 0.394. The molecule has 0 unspecified atom stereocenters. The Morgan fingerprint density at radius 2 is 2.00 bits per heavy atom. The Kier molecular flexibility index (Phi) is 2.92. The van der Waals surface area contributed by atoms with Crippen molar-refractivity contribution in [2.24, 2.45) is 10.7 Å². The van der Waals surface area contributed by atoms with Crippen LogP contribution in [0.4, 0.5) is 0 Å². The Hall–Kier alpha value is -0.790. The van der Waals surface area contributed by atoms with E-state index in [1.165, 1.54) is 0 Å². The van der Waals surface area contributed by atoms with Gasteiger partial charge in [-0.2, -0.15) is 0 Å².